The topological polar surface area (TPSA) is 327 Å². The van der Waals surface area contributed by atoms with Gasteiger partial charge in [-0.1, -0.05) is 54.8 Å². The van der Waals surface area contributed by atoms with Gasteiger partial charge in [-0.05, 0) is 98.7 Å². The zero-order chi connectivity index (χ0) is 61.2. The Bertz CT molecular complexity index is 3600. The summed E-state index contributed by atoms with van der Waals surface area (Å²) in [6.07, 6.45) is 9.79. The van der Waals surface area contributed by atoms with Crippen LogP contribution in [0.1, 0.15) is 117 Å². The zero-order valence-corrected chi connectivity index (χ0v) is 49.0. The lowest BCUT2D eigenvalue weighted by Crippen LogP contribution is -2.47. The highest BCUT2D eigenvalue weighted by Gasteiger charge is 2.51. The first-order chi connectivity index (χ1) is 41.6. The summed E-state index contributed by atoms with van der Waals surface area (Å²) in [7, 11) is 0. The number of carbonyl (C=O) groups is 7. The number of carbonyl (C=O) groups excluding carboxylic acids is 7. The van der Waals surface area contributed by atoms with Crippen LogP contribution in [0.25, 0.3) is 22.3 Å². The molecule has 8 rings (SSSR count). The van der Waals surface area contributed by atoms with Crippen molar-refractivity contribution >= 4 is 69.8 Å². The Kier molecular flexibility index (Phi) is 22.2. The summed E-state index contributed by atoms with van der Waals surface area (Å²) in [5.74, 6) is 3.47. The van der Waals surface area contributed by atoms with Crippen molar-refractivity contribution in [3.63, 3.8) is 0 Å². The van der Waals surface area contributed by atoms with Crippen molar-refractivity contribution < 1.29 is 62.4 Å². The van der Waals surface area contributed by atoms with Crippen molar-refractivity contribution in [2.45, 2.75) is 128 Å². The number of thioether (sulfide) groups is 1. The van der Waals surface area contributed by atoms with Gasteiger partial charge < -0.3 is 49.7 Å². The number of hydrogen-bond acceptors (Lipinski definition) is 20. The number of ketones is 3. The van der Waals surface area contributed by atoms with Crippen LogP contribution in [0.15, 0.2) is 77.1 Å². The van der Waals surface area contributed by atoms with Gasteiger partial charge in [0.25, 0.3) is 5.56 Å². The molecule has 4 aromatic heterocycles. The molecule has 2 atom stereocenters. The van der Waals surface area contributed by atoms with Crippen molar-refractivity contribution in [2.75, 3.05) is 44.5 Å². The molecule has 2 aliphatic rings. The van der Waals surface area contributed by atoms with Gasteiger partial charge in [0.05, 0.1) is 53.4 Å². The lowest BCUT2D eigenvalue weighted by atomic mass is 9.85. The number of anilines is 1. The molecule has 6 aromatic rings. The van der Waals surface area contributed by atoms with Crippen LogP contribution in [0, 0.1) is 17.8 Å². The zero-order valence-electron chi connectivity index (χ0n) is 48.1. The SMILES string of the molecule is CCc1c2c(nc3ccc(O)cc13)-c1cc3c(c(=O)n1C2)COC(=O)[C@@]3(CC)OC(=O)OCc1ccc(NC(=O)[C@H](CCCNC(N)=O)CC(=O)COCC(=O)CCCOCCn2cc(CCC(=O)CCCC#Cc3cnc(SC)nc3)nn2)cc1. The Morgan fingerprint density at radius 3 is 2.45 bits per heavy atom. The Morgan fingerprint density at radius 2 is 1.70 bits per heavy atom. The molecular formula is C61H68N10O14S. The number of aryl methyl sites for hydroxylation is 2. The highest BCUT2D eigenvalue weighted by Crippen LogP contribution is 2.42. The van der Waals surface area contributed by atoms with Crippen LogP contribution >= 0.6 is 11.8 Å². The number of primary amides is 1. The summed E-state index contributed by atoms with van der Waals surface area (Å²) >= 11 is 1.46. The molecule has 2 aliphatic heterocycles. The smallest absolute Gasteiger partial charge is 0.508 e. The highest BCUT2D eigenvalue weighted by molar-refractivity contribution is 7.98. The molecule has 2 aromatic carbocycles. The quantitative estimate of drug-likeness (QED) is 0.0117. The summed E-state index contributed by atoms with van der Waals surface area (Å²) < 4.78 is 31.1. The van der Waals surface area contributed by atoms with E-state index in [2.05, 4.69) is 42.8 Å². The normalized spacial score (nSPS) is 14.2. The van der Waals surface area contributed by atoms with Crippen molar-refractivity contribution in [3.05, 3.63) is 117 Å². The number of aromatic nitrogens is 7. The lowest BCUT2D eigenvalue weighted by molar-refractivity contribution is -0.175. The van der Waals surface area contributed by atoms with Gasteiger partial charge in [-0.15, -0.1) is 5.10 Å². The molecule has 0 bridgehead atoms. The van der Waals surface area contributed by atoms with E-state index < -0.39 is 53.5 Å². The Hall–Kier alpha value is -8.86. The fraction of sp³-hybridized carbons (Fsp3) is 0.426. The van der Waals surface area contributed by atoms with Crippen LogP contribution in [-0.4, -0.2) is 120 Å². The molecule has 3 amide bonds. The van der Waals surface area contributed by atoms with E-state index in [0.29, 0.717) is 110 Å². The Labute approximate surface area is 499 Å². The van der Waals surface area contributed by atoms with Crippen LogP contribution in [0.5, 0.6) is 5.75 Å². The maximum absolute atomic E-state index is 14.1. The number of cyclic esters (lactones) is 1. The number of nitrogens with two attached hydrogens (primary N) is 1. The van der Waals surface area contributed by atoms with E-state index in [4.69, 9.17) is 34.4 Å². The average molecular weight is 1200 g/mol. The number of fused-ring (bicyclic) bond motifs is 5. The number of phenols is 1. The second kappa shape index (κ2) is 30.3. The van der Waals surface area contributed by atoms with E-state index in [1.54, 1.807) is 77.2 Å². The first kappa shape index (κ1) is 63.2. The number of phenolic OH excluding ortho intramolecular Hbond substituents is 1. The first-order valence-corrected chi connectivity index (χ1v) is 29.6. The van der Waals surface area contributed by atoms with Gasteiger partial charge in [0.15, 0.2) is 16.7 Å². The lowest BCUT2D eigenvalue weighted by Gasteiger charge is -2.35. The van der Waals surface area contributed by atoms with Crippen molar-refractivity contribution in [1.29, 1.82) is 0 Å². The van der Waals surface area contributed by atoms with E-state index in [1.807, 2.05) is 13.2 Å². The molecule has 6 heterocycles. The second-order valence-corrected chi connectivity index (χ2v) is 21.4. The van der Waals surface area contributed by atoms with Gasteiger partial charge in [0.1, 0.15) is 38.0 Å². The van der Waals surface area contributed by atoms with E-state index >= 15 is 0 Å². The number of hydrogen-bond donors (Lipinski definition) is 4. The van der Waals surface area contributed by atoms with Crippen molar-refractivity contribution in [3.8, 4) is 29.0 Å². The predicted molar refractivity (Wildman–Crippen MR) is 313 cm³/mol. The third-order valence-electron chi connectivity index (χ3n) is 14.6. The number of Topliss-reactive ketones (excluding diaryl/α,β-unsaturated/α-hetero) is 3. The molecule has 0 spiro atoms. The molecule has 25 heteroatoms. The van der Waals surface area contributed by atoms with Crippen LogP contribution in [0.2, 0.25) is 0 Å². The molecule has 86 heavy (non-hydrogen) atoms. The standard InChI is InChI=1S/C61H68N10O14S/c1-4-47-48-28-44(73)21-22-52(48)67-54-49(47)33-71-53(54)29-51-50(56(71)77)37-83-57(78)61(51,5-2)85-60(80)84-34-38-15-17-41(18-16-38)66-55(76)40(12-9-23-63-58(62)79)27-46(75)36-82-35-45(74)14-10-25-81-26-24-70-32-42(68-69-70)19-20-43(72)13-8-6-7-11-39-30-64-59(86-3)65-31-39/h15-18,21-22,28-32,40,73H,4-6,8-10,12-14,19-20,23-27,33-37H2,1-3H3,(H,66,76)(H3,62,63,79)/t40-,61+/m1/s1. The van der Waals surface area contributed by atoms with E-state index in [1.165, 1.54) is 17.8 Å². The van der Waals surface area contributed by atoms with E-state index in [9.17, 15) is 43.5 Å². The molecule has 0 unspecified atom stereocenters. The van der Waals surface area contributed by atoms with Gasteiger partial charge in [0, 0.05) is 92.0 Å². The summed E-state index contributed by atoms with van der Waals surface area (Å²) in [5.41, 5.74) is 8.75. The van der Waals surface area contributed by atoms with Gasteiger partial charge in [-0.25, -0.2) is 34.0 Å². The number of urea groups is 1. The fourth-order valence-electron chi connectivity index (χ4n) is 10.1. The molecule has 0 saturated carbocycles. The third-order valence-corrected chi connectivity index (χ3v) is 15.2. The summed E-state index contributed by atoms with van der Waals surface area (Å²) in [6, 6.07) is 12.1. The molecule has 0 fully saturated rings. The number of aromatic hydroxyl groups is 1. The number of nitrogens with one attached hydrogen (secondary N) is 2. The maximum Gasteiger partial charge on any atom is 0.510 e. The maximum atomic E-state index is 14.1. The van der Waals surface area contributed by atoms with Gasteiger partial charge >= 0.3 is 18.2 Å². The van der Waals surface area contributed by atoms with Gasteiger partial charge in [0.2, 0.25) is 11.5 Å². The summed E-state index contributed by atoms with van der Waals surface area (Å²) in [5, 5.41) is 25.2. The van der Waals surface area contributed by atoms with E-state index in [-0.39, 0.29) is 87.0 Å². The molecule has 24 nitrogen and oxygen atoms in total. The minimum atomic E-state index is -2.01. The highest BCUT2D eigenvalue weighted by atomic mass is 32.2. The second-order valence-electron chi connectivity index (χ2n) is 20.6. The van der Waals surface area contributed by atoms with Gasteiger partial charge in [-0.2, -0.15) is 0 Å². The first-order valence-electron chi connectivity index (χ1n) is 28.4. The molecule has 0 radical (unpaired) electrons. The van der Waals surface area contributed by atoms with E-state index in [0.717, 1.165) is 22.1 Å². The molecule has 0 aliphatic carbocycles. The number of esters is 1. The van der Waals surface area contributed by atoms with Crippen LogP contribution < -0.4 is 21.9 Å². The number of amides is 3. The minimum Gasteiger partial charge on any atom is -0.508 e. The molecule has 452 valence electrons. The van der Waals surface area contributed by atoms with Crippen molar-refractivity contribution in [1.82, 2.24) is 39.8 Å². The molecule has 5 N–H and O–H groups in total. The largest absolute Gasteiger partial charge is 0.510 e. The number of nitrogens with zero attached hydrogens (tertiary/aromatic N) is 7. The van der Waals surface area contributed by atoms with Crippen molar-refractivity contribution in [2.24, 2.45) is 11.7 Å². The predicted octanol–water partition coefficient (Wildman–Crippen LogP) is 6.58. The number of ether oxygens (including phenoxy) is 5. The average Bonchev–Trinajstić information content (AvgIpc) is 2.11. The van der Waals surface area contributed by atoms with Gasteiger partial charge in [-0.3, -0.25) is 24.0 Å². The summed E-state index contributed by atoms with van der Waals surface area (Å²) in [6.45, 7) is 3.72. The number of rotatable bonds is 31. The Balaban J connectivity index is 0.740. The Morgan fingerprint density at radius 1 is 0.919 bits per heavy atom. The summed E-state index contributed by atoms with van der Waals surface area (Å²) in [4.78, 5) is 117. The number of pyridine rings is 2. The van der Waals surface area contributed by atoms with Crippen LogP contribution in [-0.2, 0) is 92.4 Å². The molecular weight excluding hydrogens is 1130 g/mol. The number of benzene rings is 2. The molecule has 0 saturated heterocycles. The minimum absolute atomic E-state index is 0.0857. The monoisotopic (exact) mass is 1200 g/mol. The van der Waals surface area contributed by atoms with Crippen LogP contribution in [0.4, 0.5) is 15.3 Å². The fourth-order valence-corrected chi connectivity index (χ4v) is 10.5. The van der Waals surface area contributed by atoms with Crippen LogP contribution in [0.3, 0.4) is 0 Å². The third kappa shape index (κ3) is 16.5. The number of unbranched alkanes of at least 4 members (excludes halogenated alkanes) is 1.